The normalized spacial score (nSPS) is 19.1. The fraction of sp³-hybridized carbons (Fsp3) is 0.391. The molecule has 0 aromatic heterocycles. The molecular formula is C23H29N3O3. The smallest absolute Gasteiger partial charge is 0.326 e. The van der Waals surface area contributed by atoms with Gasteiger partial charge in [0.1, 0.15) is 17.9 Å². The number of amides is 3. The maximum absolute atomic E-state index is 13.4. The lowest BCUT2D eigenvalue weighted by atomic mass is 9.82. The number of likely N-dealkylation sites (N-methyl/N-ethyl adjacent to an activating group) is 1. The minimum Gasteiger partial charge on any atom is -0.492 e. The molecule has 1 aliphatic rings. The lowest BCUT2D eigenvalue weighted by Crippen LogP contribution is -2.46. The number of ether oxygens (including phenoxy) is 1. The second-order valence-corrected chi connectivity index (χ2v) is 7.92. The molecule has 0 saturated carbocycles. The molecule has 0 radical (unpaired) electrons. The van der Waals surface area contributed by atoms with Crippen LogP contribution < -0.4 is 10.1 Å². The zero-order valence-electron chi connectivity index (χ0n) is 17.3. The van der Waals surface area contributed by atoms with Crippen molar-refractivity contribution in [2.45, 2.75) is 25.8 Å². The van der Waals surface area contributed by atoms with E-state index in [1.54, 1.807) is 0 Å². The van der Waals surface area contributed by atoms with Crippen LogP contribution >= 0.6 is 0 Å². The number of carbonyl (C=O) groups is 2. The molecular weight excluding hydrogens is 366 g/mol. The molecule has 6 heteroatoms. The van der Waals surface area contributed by atoms with Gasteiger partial charge >= 0.3 is 6.03 Å². The number of nitrogens with zero attached hydrogens (tertiary/aromatic N) is 2. The maximum Gasteiger partial charge on any atom is 0.326 e. The maximum atomic E-state index is 13.4. The first kappa shape index (κ1) is 20.9. The van der Waals surface area contributed by atoms with E-state index in [0.717, 1.165) is 11.3 Å². The molecule has 6 nitrogen and oxygen atoms in total. The standard InChI is InChI=1S/C23H29N3O3/c1-18(2)16-23(19-10-6-4-7-11-19)21(27)26(22(28)24-23)17-25(3)14-15-29-20-12-8-5-9-13-20/h4-13,18H,14-17H2,1-3H3,(H,24,28)/t23-/m1/s1. The van der Waals surface area contributed by atoms with Gasteiger partial charge in [0.25, 0.3) is 5.91 Å². The predicted octanol–water partition coefficient (Wildman–Crippen LogP) is 3.45. The molecule has 0 bridgehead atoms. The Kier molecular flexibility index (Phi) is 6.54. The van der Waals surface area contributed by atoms with Crippen molar-refractivity contribution in [1.29, 1.82) is 0 Å². The van der Waals surface area contributed by atoms with E-state index in [1.165, 1.54) is 4.90 Å². The van der Waals surface area contributed by atoms with Gasteiger partial charge in [0.2, 0.25) is 0 Å². The molecule has 1 saturated heterocycles. The number of hydrogen-bond donors (Lipinski definition) is 1. The van der Waals surface area contributed by atoms with Crippen LogP contribution in [0.1, 0.15) is 25.8 Å². The third-order valence-corrected chi connectivity index (χ3v) is 5.02. The largest absolute Gasteiger partial charge is 0.492 e. The monoisotopic (exact) mass is 395 g/mol. The van der Waals surface area contributed by atoms with Crippen LogP contribution in [0.4, 0.5) is 4.79 Å². The minimum absolute atomic E-state index is 0.196. The summed E-state index contributed by atoms with van der Waals surface area (Å²) >= 11 is 0. The van der Waals surface area contributed by atoms with Crippen molar-refractivity contribution in [1.82, 2.24) is 15.1 Å². The van der Waals surface area contributed by atoms with Crippen molar-refractivity contribution >= 4 is 11.9 Å². The summed E-state index contributed by atoms with van der Waals surface area (Å²) in [6.07, 6.45) is 0.554. The minimum atomic E-state index is -1.01. The highest BCUT2D eigenvalue weighted by Crippen LogP contribution is 2.35. The second-order valence-electron chi connectivity index (χ2n) is 7.92. The van der Waals surface area contributed by atoms with Crippen LogP contribution in [0.2, 0.25) is 0 Å². The molecule has 1 heterocycles. The summed E-state index contributed by atoms with van der Waals surface area (Å²) in [4.78, 5) is 29.3. The van der Waals surface area contributed by atoms with Gasteiger partial charge in [-0.1, -0.05) is 62.4 Å². The Morgan fingerprint density at radius 2 is 1.66 bits per heavy atom. The van der Waals surface area contributed by atoms with Gasteiger partial charge in [-0.15, -0.1) is 0 Å². The first-order valence-corrected chi connectivity index (χ1v) is 9.98. The van der Waals surface area contributed by atoms with Crippen LogP contribution in [0.5, 0.6) is 5.75 Å². The summed E-state index contributed by atoms with van der Waals surface area (Å²) in [6.45, 7) is 5.39. The van der Waals surface area contributed by atoms with E-state index < -0.39 is 5.54 Å². The van der Waals surface area contributed by atoms with Crippen LogP contribution in [0.15, 0.2) is 60.7 Å². The summed E-state index contributed by atoms with van der Waals surface area (Å²) in [5.74, 6) is 0.852. The molecule has 0 unspecified atom stereocenters. The average Bonchev–Trinajstić information content (AvgIpc) is 2.94. The summed E-state index contributed by atoms with van der Waals surface area (Å²) in [5, 5.41) is 2.98. The number of hydrogen-bond acceptors (Lipinski definition) is 4. The van der Waals surface area contributed by atoms with E-state index in [2.05, 4.69) is 19.2 Å². The van der Waals surface area contributed by atoms with Crippen LogP contribution in [0.25, 0.3) is 0 Å². The van der Waals surface area contributed by atoms with Gasteiger partial charge in [-0.05, 0) is 37.1 Å². The Morgan fingerprint density at radius 3 is 2.28 bits per heavy atom. The van der Waals surface area contributed by atoms with E-state index >= 15 is 0 Å². The number of rotatable bonds is 9. The van der Waals surface area contributed by atoms with Gasteiger partial charge in [0.15, 0.2) is 0 Å². The third kappa shape index (κ3) is 4.77. The lowest BCUT2D eigenvalue weighted by Gasteiger charge is -2.29. The van der Waals surface area contributed by atoms with E-state index in [-0.39, 0.29) is 24.5 Å². The highest BCUT2D eigenvalue weighted by Gasteiger charge is 2.52. The summed E-state index contributed by atoms with van der Waals surface area (Å²) in [6, 6.07) is 18.7. The molecule has 2 aromatic rings. The zero-order chi connectivity index (χ0) is 20.9. The molecule has 0 spiro atoms. The molecule has 1 fully saturated rings. The SMILES string of the molecule is CC(C)C[C@]1(c2ccccc2)NC(=O)N(CN(C)CCOc2ccccc2)C1=O. The zero-order valence-corrected chi connectivity index (χ0v) is 17.3. The van der Waals surface area contributed by atoms with E-state index in [0.29, 0.717) is 19.6 Å². The highest BCUT2D eigenvalue weighted by atomic mass is 16.5. The average molecular weight is 396 g/mol. The number of nitrogens with one attached hydrogen (secondary N) is 1. The van der Waals surface area contributed by atoms with Crippen LogP contribution in [0.3, 0.4) is 0 Å². The van der Waals surface area contributed by atoms with Crippen LogP contribution in [-0.4, -0.2) is 48.6 Å². The Balaban J connectivity index is 1.67. The number of para-hydroxylation sites is 1. The third-order valence-electron chi connectivity index (χ3n) is 5.02. The summed E-state index contributed by atoms with van der Waals surface area (Å²) in [7, 11) is 1.87. The molecule has 1 aliphatic heterocycles. The quantitative estimate of drug-likeness (QED) is 0.661. The predicted molar refractivity (Wildman–Crippen MR) is 112 cm³/mol. The number of urea groups is 1. The van der Waals surface area contributed by atoms with Gasteiger partial charge in [-0.2, -0.15) is 0 Å². The van der Waals surface area contributed by atoms with Crippen molar-refractivity contribution < 1.29 is 14.3 Å². The Labute approximate surface area is 172 Å². The summed E-state index contributed by atoms with van der Waals surface area (Å²) in [5.41, 5.74) is -0.182. The van der Waals surface area contributed by atoms with Crippen molar-refractivity contribution in [3.05, 3.63) is 66.2 Å². The topological polar surface area (TPSA) is 61.9 Å². The molecule has 3 amide bonds. The van der Waals surface area contributed by atoms with Crippen LogP contribution in [0, 0.1) is 5.92 Å². The van der Waals surface area contributed by atoms with Crippen LogP contribution in [-0.2, 0) is 10.3 Å². The second kappa shape index (κ2) is 9.09. The molecule has 0 aliphatic carbocycles. The van der Waals surface area contributed by atoms with Gasteiger partial charge < -0.3 is 10.1 Å². The van der Waals surface area contributed by atoms with Gasteiger partial charge in [0.05, 0.1) is 6.67 Å². The van der Waals surface area contributed by atoms with Crippen molar-refractivity contribution in [2.75, 3.05) is 26.9 Å². The molecule has 29 heavy (non-hydrogen) atoms. The number of benzene rings is 2. The Bertz CT molecular complexity index is 826. The van der Waals surface area contributed by atoms with Gasteiger partial charge in [-0.25, -0.2) is 9.69 Å². The number of carbonyl (C=O) groups excluding carboxylic acids is 2. The molecule has 1 N–H and O–H groups in total. The van der Waals surface area contributed by atoms with Crippen molar-refractivity contribution in [3.63, 3.8) is 0 Å². The van der Waals surface area contributed by atoms with E-state index in [9.17, 15) is 9.59 Å². The van der Waals surface area contributed by atoms with E-state index in [4.69, 9.17) is 4.74 Å². The van der Waals surface area contributed by atoms with Gasteiger partial charge in [-0.3, -0.25) is 9.69 Å². The number of imide groups is 1. The summed E-state index contributed by atoms with van der Waals surface area (Å²) < 4.78 is 5.71. The van der Waals surface area contributed by atoms with E-state index in [1.807, 2.05) is 72.6 Å². The first-order valence-electron chi connectivity index (χ1n) is 9.98. The first-order chi connectivity index (χ1) is 13.9. The van der Waals surface area contributed by atoms with Crippen molar-refractivity contribution in [2.24, 2.45) is 5.92 Å². The molecule has 3 rings (SSSR count). The van der Waals surface area contributed by atoms with Crippen molar-refractivity contribution in [3.8, 4) is 5.75 Å². The fourth-order valence-electron chi connectivity index (χ4n) is 3.69. The fourth-order valence-corrected chi connectivity index (χ4v) is 3.69. The highest BCUT2D eigenvalue weighted by molar-refractivity contribution is 6.07. The Hall–Kier alpha value is -2.86. The van der Waals surface area contributed by atoms with Gasteiger partial charge in [0, 0.05) is 6.54 Å². The molecule has 154 valence electrons. The molecule has 1 atom stereocenters. The molecule has 2 aromatic carbocycles. The lowest BCUT2D eigenvalue weighted by molar-refractivity contribution is -0.133. The Morgan fingerprint density at radius 1 is 1.03 bits per heavy atom.